The van der Waals surface area contributed by atoms with Crippen molar-refractivity contribution < 1.29 is 0 Å². The van der Waals surface area contributed by atoms with Crippen molar-refractivity contribution in [3.63, 3.8) is 0 Å². The van der Waals surface area contributed by atoms with E-state index in [0.717, 1.165) is 0 Å². The summed E-state index contributed by atoms with van der Waals surface area (Å²) < 4.78 is 8.68. The Morgan fingerprint density at radius 2 is 1.22 bits per heavy atom. The Bertz CT molecular complexity index is 1820. The molecule has 37 heavy (non-hydrogen) atoms. The summed E-state index contributed by atoms with van der Waals surface area (Å²) in [7, 11) is 0. The Hall–Kier alpha value is -1.76. The van der Waals surface area contributed by atoms with Gasteiger partial charge in [-0.3, -0.25) is 0 Å². The number of aryl methyl sites for hydroxylation is 1. The van der Waals surface area contributed by atoms with Gasteiger partial charge in [-0.1, -0.05) is 57.9 Å². The zero-order valence-electron chi connectivity index (χ0n) is 21.1. The van der Waals surface area contributed by atoms with Gasteiger partial charge in [-0.25, -0.2) is 0 Å². The number of fused-ring (bicyclic) bond motifs is 7. The molecule has 0 aliphatic carbocycles. The zero-order chi connectivity index (χ0) is 24.8. The Kier molecular flexibility index (Phi) is 6.84. The maximum atomic E-state index is 2.48. The fraction of sp³-hybridized carbons (Fsp3) is 0.312. The van der Waals surface area contributed by atoms with Gasteiger partial charge in [-0.05, 0) is 71.5 Å². The molecule has 0 spiro atoms. The van der Waals surface area contributed by atoms with Crippen LogP contribution in [-0.2, 0) is 6.42 Å². The molecule has 0 unspecified atom stereocenters. The lowest BCUT2D eigenvalue weighted by molar-refractivity contribution is 0.576. The largest absolute Gasteiger partial charge is 0.143 e. The molecule has 0 aliphatic rings. The average molecular weight is 575 g/mol. The summed E-state index contributed by atoms with van der Waals surface area (Å²) in [4.78, 5) is 4.32. The first-order valence-corrected chi connectivity index (χ1v) is 17.7. The van der Waals surface area contributed by atoms with Gasteiger partial charge < -0.3 is 0 Å². The van der Waals surface area contributed by atoms with Crippen LogP contribution in [0.4, 0.5) is 0 Å². The molecule has 5 heterocycles. The molecule has 188 valence electrons. The van der Waals surface area contributed by atoms with Gasteiger partial charge >= 0.3 is 0 Å². The number of thiophene rings is 5. The van der Waals surface area contributed by atoms with Crippen LogP contribution in [0.25, 0.3) is 59.5 Å². The molecule has 0 amide bonds. The van der Waals surface area contributed by atoms with Crippen LogP contribution in [0.1, 0.15) is 63.2 Å². The highest BCUT2D eigenvalue weighted by Crippen LogP contribution is 2.48. The van der Waals surface area contributed by atoms with Crippen molar-refractivity contribution in [3.05, 3.63) is 58.8 Å². The second-order valence-electron chi connectivity index (χ2n) is 10.2. The lowest BCUT2D eigenvalue weighted by atomic mass is 10.1. The number of hydrogen-bond donors (Lipinski definition) is 0. The van der Waals surface area contributed by atoms with Crippen LogP contribution < -0.4 is 0 Å². The maximum absolute atomic E-state index is 2.48. The number of hydrogen-bond acceptors (Lipinski definition) is 5. The van der Waals surface area contributed by atoms with E-state index in [1.54, 1.807) is 4.88 Å². The van der Waals surface area contributed by atoms with Crippen LogP contribution in [0.2, 0.25) is 0 Å². The Morgan fingerprint density at radius 3 is 1.89 bits per heavy atom. The van der Waals surface area contributed by atoms with Gasteiger partial charge in [-0.15, -0.1) is 56.7 Å². The van der Waals surface area contributed by atoms with E-state index in [0.29, 0.717) is 0 Å². The second kappa shape index (κ2) is 10.4. The maximum Gasteiger partial charge on any atom is 0.0542 e. The molecule has 7 rings (SSSR count). The first-order valence-electron chi connectivity index (χ1n) is 13.6. The van der Waals surface area contributed by atoms with E-state index in [9.17, 15) is 0 Å². The zero-order valence-corrected chi connectivity index (χ0v) is 25.2. The van der Waals surface area contributed by atoms with E-state index in [2.05, 4.69) is 60.8 Å². The van der Waals surface area contributed by atoms with Crippen molar-refractivity contribution in [2.75, 3.05) is 0 Å². The molecule has 0 nitrogen and oxygen atoms in total. The fourth-order valence-corrected chi connectivity index (χ4v) is 11.3. The molecule has 5 heteroatoms. The quantitative estimate of drug-likeness (QED) is 0.143. The Morgan fingerprint density at radius 1 is 0.568 bits per heavy atom. The summed E-state index contributed by atoms with van der Waals surface area (Å²) in [6.07, 6.45) is 12.4. The van der Waals surface area contributed by atoms with Crippen LogP contribution >= 0.6 is 56.7 Å². The van der Waals surface area contributed by atoms with Crippen molar-refractivity contribution >= 4 is 106 Å². The average Bonchev–Trinajstić information content (AvgIpc) is 3.71. The SMILES string of the molecule is CCCCCCCCCCc1cc2cc3c(cc2s1)sc1c2cc4cc(-c5cccs5)sc4cc2sc31. The van der Waals surface area contributed by atoms with Gasteiger partial charge in [0.1, 0.15) is 0 Å². The molecule has 0 radical (unpaired) electrons. The lowest BCUT2D eigenvalue weighted by Gasteiger charge is -2.00. The summed E-state index contributed by atoms with van der Waals surface area (Å²) in [5.74, 6) is 0. The van der Waals surface area contributed by atoms with Crippen LogP contribution in [0.3, 0.4) is 0 Å². The van der Waals surface area contributed by atoms with Gasteiger partial charge in [-0.2, -0.15) is 0 Å². The molecule has 5 aromatic heterocycles. The molecule has 0 aliphatic heterocycles. The molecule has 0 atom stereocenters. The Balaban J connectivity index is 1.14. The smallest absolute Gasteiger partial charge is 0.0542 e. The molecular formula is C32H30S5. The van der Waals surface area contributed by atoms with Crippen LogP contribution in [0.15, 0.2) is 53.9 Å². The minimum absolute atomic E-state index is 1.24. The topological polar surface area (TPSA) is 0 Å². The van der Waals surface area contributed by atoms with Crippen LogP contribution in [0, 0.1) is 0 Å². The van der Waals surface area contributed by atoms with Crippen molar-refractivity contribution in [1.82, 2.24) is 0 Å². The molecule has 0 saturated carbocycles. The number of benzene rings is 2. The lowest BCUT2D eigenvalue weighted by Crippen LogP contribution is -1.83. The van der Waals surface area contributed by atoms with E-state index < -0.39 is 0 Å². The summed E-state index contributed by atoms with van der Waals surface area (Å²) >= 11 is 9.75. The minimum atomic E-state index is 1.24. The molecule has 2 aromatic carbocycles. The standard InChI is InChI=1S/C32H30S5/c1-2-3-4-5-6-7-8-9-11-22-14-20-15-23-28(18-26(20)34-22)36-32-24-16-21-17-30(25-12-10-13-33-25)35-27(21)19-29(24)37-31(23)32/h10,12-19H,2-9,11H2,1H3. The molecule has 0 N–H and O–H groups in total. The van der Waals surface area contributed by atoms with E-state index in [1.807, 2.05) is 56.7 Å². The van der Waals surface area contributed by atoms with E-state index in [4.69, 9.17) is 0 Å². The van der Waals surface area contributed by atoms with Gasteiger partial charge in [0.05, 0.1) is 9.40 Å². The second-order valence-corrected chi connectivity index (χ2v) is 15.5. The third kappa shape index (κ3) is 4.68. The molecule has 0 fully saturated rings. The van der Waals surface area contributed by atoms with Gasteiger partial charge in [0.15, 0.2) is 0 Å². The van der Waals surface area contributed by atoms with E-state index in [1.165, 1.54) is 117 Å². The highest BCUT2D eigenvalue weighted by Gasteiger charge is 2.16. The van der Waals surface area contributed by atoms with Crippen LogP contribution in [-0.4, -0.2) is 0 Å². The fourth-order valence-electron chi connectivity index (χ4n) is 5.48. The van der Waals surface area contributed by atoms with E-state index in [-0.39, 0.29) is 0 Å². The normalized spacial score (nSPS) is 12.4. The van der Waals surface area contributed by atoms with Gasteiger partial charge in [0.25, 0.3) is 0 Å². The predicted molar refractivity (Wildman–Crippen MR) is 175 cm³/mol. The summed E-state index contributed by atoms with van der Waals surface area (Å²) in [5.41, 5.74) is 0. The molecular weight excluding hydrogens is 545 g/mol. The Labute approximate surface area is 238 Å². The summed E-state index contributed by atoms with van der Waals surface area (Å²) in [6, 6.07) is 19.0. The van der Waals surface area contributed by atoms with Crippen molar-refractivity contribution in [2.45, 2.75) is 64.7 Å². The highest BCUT2D eigenvalue weighted by molar-refractivity contribution is 7.37. The third-order valence-electron chi connectivity index (χ3n) is 7.45. The molecule has 0 bridgehead atoms. The number of rotatable bonds is 10. The number of unbranched alkanes of at least 4 members (excludes halogenated alkanes) is 7. The van der Waals surface area contributed by atoms with Gasteiger partial charge in [0, 0.05) is 44.2 Å². The van der Waals surface area contributed by atoms with Gasteiger partial charge in [0.2, 0.25) is 0 Å². The first-order chi connectivity index (χ1) is 18.3. The summed E-state index contributed by atoms with van der Waals surface area (Å²) in [6.45, 7) is 2.30. The van der Waals surface area contributed by atoms with Crippen molar-refractivity contribution in [2.24, 2.45) is 0 Å². The monoisotopic (exact) mass is 574 g/mol. The van der Waals surface area contributed by atoms with E-state index >= 15 is 0 Å². The third-order valence-corrected chi connectivity index (χ3v) is 13.3. The molecule has 7 aromatic rings. The van der Waals surface area contributed by atoms with Crippen molar-refractivity contribution in [1.29, 1.82) is 0 Å². The van der Waals surface area contributed by atoms with Crippen LogP contribution in [0.5, 0.6) is 0 Å². The highest BCUT2D eigenvalue weighted by atomic mass is 32.1. The minimum Gasteiger partial charge on any atom is -0.143 e. The van der Waals surface area contributed by atoms with Crippen molar-refractivity contribution in [3.8, 4) is 9.75 Å². The summed E-state index contributed by atoms with van der Waals surface area (Å²) in [5, 5.41) is 7.87. The first kappa shape index (κ1) is 24.3. The molecule has 0 saturated heterocycles. The predicted octanol–water partition coefficient (Wildman–Crippen LogP) is 13.1.